The highest BCUT2D eigenvalue weighted by atomic mass is 35.5. The molecule has 1 fully saturated rings. The summed E-state index contributed by atoms with van der Waals surface area (Å²) in [5.74, 6) is -0.973. The van der Waals surface area contributed by atoms with Crippen molar-refractivity contribution in [1.82, 2.24) is 9.80 Å². The Morgan fingerprint density at radius 2 is 2.10 bits per heavy atom. The first-order valence-electron chi connectivity index (χ1n) is 6.89. The molecule has 0 saturated carbocycles. The van der Waals surface area contributed by atoms with Gasteiger partial charge >= 0.3 is 12.0 Å². The Balaban J connectivity index is 2.09. The minimum Gasteiger partial charge on any atom is -0.480 e. The number of carbonyl (C=O) groups is 2. The van der Waals surface area contributed by atoms with Crippen molar-refractivity contribution in [3.05, 3.63) is 34.9 Å². The number of amides is 2. The molecule has 0 radical (unpaired) electrons. The molecule has 2 amide bonds. The van der Waals surface area contributed by atoms with Gasteiger partial charge in [-0.15, -0.1) is 0 Å². The zero-order valence-corrected chi connectivity index (χ0v) is 12.9. The fraction of sp³-hybridized carbons (Fsp3) is 0.467. The van der Waals surface area contributed by atoms with E-state index in [9.17, 15) is 14.7 Å². The van der Waals surface area contributed by atoms with Gasteiger partial charge in [-0.05, 0) is 24.0 Å². The third-order valence-electron chi connectivity index (χ3n) is 3.89. The number of carboxylic acid groups (broad SMARTS) is 1. The van der Waals surface area contributed by atoms with Gasteiger partial charge in [-0.2, -0.15) is 0 Å². The molecule has 2 rings (SSSR count). The topological polar surface area (TPSA) is 60.9 Å². The highest BCUT2D eigenvalue weighted by Crippen LogP contribution is 2.26. The van der Waals surface area contributed by atoms with E-state index in [2.05, 4.69) is 0 Å². The summed E-state index contributed by atoms with van der Waals surface area (Å²) in [5, 5.41) is 9.88. The summed E-state index contributed by atoms with van der Waals surface area (Å²) in [7, 11) is 1.66. The lowest BCUT2D eigenvalue weighted by atomic mass is 10.0. The molecule has 1 aromatic carbocycles. The number of nitrogens with zero attached hydrogens (tertiary/aromatic N) is 2. The van der Waals surface area contributed by atoms with Gasteiger partial charge in [0, 0.05) is 25.2 Å². The minimum atomic E-state index is -0.945. The first kappa shape index (κ1) is 15.6. The normalized spacial score (nSPS) is 21.4. The van der Waals surface area contributed by atoms with Crippen LogP contribution in [-0.4, -0.2) is 46.5 Å². The average molecular weight is 311 g/mol. The van der Waals surface area contributed by atoms with Crippen LogP contribution in [0.25, 0.3) is 0 Å². The van der Waals surface area contributed by atoms with E-state index in [4.69, 9.17) is 11.6 Å². The van der Waals surface area contributed by atoms with Crippen LogP contribution in [0.3, 0.4) is 0 Å². The van der Waals surface area contributed by atoms with Gasteiger partial charge in [0.25, 0.3) is 0 Å². The highest BCUT2D eigenvalue weighted by molar-refractivity contribution is 6.31. The summed E-state index contributed by atoms with van der Waals surface area (Å²) in [5.41, 5.74) is 0.842. The number of carboxylic acids is 1. The lowest BCUT2D eigenvalue weighted by molar-refractivity contribution is -0.142. The molecular formula is C15H19ClN2O3. The monoisotopic (exact) mass is 310 g/mol. The van der Waals surface area contributed by atoms with Crippen molar-refractivity contribution < 1.29 is 14.7 Å². The number of halogens is 1. The largest absolute Gasteiger partial charge is 0.480 e. The summed E-state index contributed by atoms with van der Waals surface area (Å²) in [6.45, 7) is 2.69. The number of benzene rings is 1. The third kappa shape index (κ3) is 3.29. The quantitative estimate of drug-likeness (QED) is 0.933. The van der Waals surface area contributed by atoms with Gasteiger partial charge in [0.15, 0.2) is 0 Å². The van der Waals surface area contributed by atoms with Crippen molar-refractivity contribution in [3.63, 3.8) is 0 Å². The minimum absolute atomic E-state index is 0.0276. The molecule has 1 N–H and O–H groups in total. The van der Waals surface area contributed by atoms with Crippen LogP contribution in [0.5, 0.6) is 0 Å². The summed E-state index contributed by atoms with van der Waals surface area (Å²) in [6, 6.07) is 6.30. The van der Waals surface area contributed by atoms with Crippen molar-refractivity contribution in [2.24, 2.45) is 5.92 Å². The van der Waals surface area contributed by atoms with Crippen molar-refractivity contribution in [2.45, 2.75) is 25.9 Å². The number of aliphatic carboxylic acids is 1. The number of carbonyl (C=O) groups excluding carboxylic acids is 1. The molecule has 6 heteroatoms. The number of urea groups is 1. The number of hydrogen-bond acceptors (Lipinski definition) is 2. The molecular weight excluding hydrogens is 292 g/mol. The molecule has 1 aliphatic heterocycles. The van der Waals surface area contributed by atoms with Crippen molar-refractivity contribution in [2.75, 3.05) is 13.6 Å². The summed E-state index contributed by atoms with van der Waals surface area (Å²) >= 11 is 6.09. The Labute approximate surface area is 129 Å². The molecule has 1 heterocycles. The fourth-order valence-corrected chi connectivity index (χ4v) is 2.90. The SMILES string of the molecule is CC1CCN(C(=O)N(C)Cc2ccccc2Cl)C1C(=O)O. The molecule has 21 heavy (non-hydrogen) atoms. The first-order chi connectivity index (χ1) is 9.91. The van der Waals surface area contributed by atoms with Crippen LogP contribution < -0.4 is 0 Å². The van der Waals surface area contributed by atoms with Gasteiger partial charge in [0.1, 0.15) is 6.04 Å². The van der Waals surface area contributed by atoms with Crippen LogP contribution in [0.2, 0.25) is 5.02 Å². The van der Waals surface area contributed by atoms with Crippen molar-refractivity contribution >= 4 is 23.6 Å². The van der Waals surface area contributed by atoms with E-state index in [1.165, 1.54) is 9.80 Å². The van der Waals surface area contributed by atoms with Gasteiger partial charge in [-0.3, -0.25) is 0 Å². The van der Waals surface area contributed by atoms with E-state index in [1.807, 2.05) is 25.1 Å². The Kier molecular flexibility index (Phi) is 4.73. The van der Waals surface area contributed by atoms with Gasteiger partial charge in [0.2, 0.25) is 0 Å². The van der Waals surface area contributed by atoms with Crippen LogP contribution in [0.15, 0.2) is 24.3 Å². The maximum absolute atomic E-state index is 12.5. The van der Waals surface area contributed by atoms with Crippen LogP contribution in [0, 0.1) is 5.92 Å². The van der Waals surface area contributed by atoms with E-state index in [0.29, 0.717) is 24.5 Å². The summed E-state index contributed by atoms with van der Waals surface area (Å²) in [4.78, 5) is 26.7. The van der Waals surface area contributed by atoms with Crippen LogP contribution in [-0.2, 0) is 11.3 Å². The summed E-state index contributed by atoms with van der Waals surface area (Å²) < 4.78 is 0. The highest BCUT2D eigenvalue weighted by Gasteiger charge is 2.40. The molecule has 1 aromatic rings. The predicted molar refractivity (Wildman–Crippen MR) is 80.2 cm³/mol. The van der Waals surface area contributed by atoms with Gasteiger partial charge in [-0.1, -0.05) is 36.7 Å². The van der Waals surface area contributed by atoms with E-state index < -0.39 is 12.0 Å². The fourth-order valence-electron chi connectivity index (χ4n) is 2.71. The van der Waals surface area contributed by atoms with Crippen LogP contribution >= 0.6 is 11.6 Å². The van der Waals surface area contributed by atoms with E-state index in [-0.39, 0.29) is 11.9 Å². The Hall–Kier alpha value is -1.75. The maximum Gasteiger partial charge on any atom is 0.326 e. The molecule has 0 aliphatic carbocycles. The second kappa shape index (κ2) is 6.35. The Bertz CT molecular complexity index is 549. The standard InChI is InChI=1S/C15H19ClN2O3/c1-10-7-8-18(13(10)14(19)20)15(21)17(2)9-11-5-3-4-6-12(11)16/h3-6,10,13H,7-9H2,1-2H3,(H,19,20). The van der Waals surface area contributed by atoms with Crippen LogP contribution in [0.4, 0.5) is 4.79 Å². The van der Waals surface area contributed by atoms with E-state index in [0.717, 1.165) is 5.56 Å². The Morgan fingerprint density at radius 3 is 2.71 bits per heavy atom. The molecule has 0 aromatic heterocycles. The predicted octanol–water partition coefficient (Wildman–Crippen LogP) is 2.69. The first-order valence-corrected chi connectivity index (χ1v) is 7.27. The van der Waals surface area contributed by atoms with Crippen molar-refractivity contribution in [3.8, 4) is 0 Å². The molecule has 114 valence electrons. The zero-order chi connectivity index (χ0) is 15.6. The van der Waals surface area contributed by atoms with Gasteiger partial charge < -0.3 is 14.9 Å². The smallest absolute Gasteiger partial charge is 0.326 e. The number of rotatable bonds is 3. The van der Waals surface area contributed by atoms with Crippen LogP contribution in [0.1, 0.15) is 18.9 Å². The summed E-state index contributed by atoms with van der Waals surface area (Å²) in [6.07, 6.45) is 0.711. The third-order valence-corrected chi connectivity index (χ3v) is 4.26. The second-order valence-electron chi connectivity index (χ2n) is 5.47. The molecule has 0 spiro atoms. The molecule has 1 saturated heterocycles. The molecule has 2 atom stereocenters. The van der Waals surface area contributed by atoms with E-state index >= 15 is 0 Å². The van der Waals surface area contributed by atoms with Gasteiger partial charge in [-0.25, -0.2) is 9.59 Å². The van der Waals surface area contributed by atoms with Gasteiger partial charge in [0.05, 0.1) is 0 Å². The molecule has 1 aliphatic rings. The molecule has 5 nitrogen and oxygen atoms in total. The average Bonchev–Trinajstić information content (AvgIpc) is 2.82. The number of hydrogen-bond donors (Lipinski definition) is 1. The zero-order valence-electron chi connectivity index (χ0n) is 12.1. The lowest BCUT2D eigenvalue weighted by Crippen LogP contribution is -2.47. The Morgan fingerprint density at radius 1 is 1.43 bits per heavy atom. The molecule has 0 bridgehead atoms. The lowest BCUT2D eigenvalue weighted by Gasteiger charge is -2.28. The second-order valence-corrected chi connectivity index (χ2v) is 5.88. The van der Waals surface area contributed by atoms with Crippen molar-refractivity contribution in [1.29, 1.82) is 0 Å². The molecule has 2 unspecified atom stereocenters. The van der Waals surface area contributed by atoms with E-state index in [1.54, 1.807) is 13.1 Å². The number of likely N-dealkylation sites (tertiary alicyclic amines) is 1. The maximum atomic E-state index is 12.5.